The Morgan fingerprint density at radius 3 is 2.78 bits per heavy atom. The monoisotopic (exact) mass is 307 g/mol. The van der Waals surface area contributed by atoms with Crippen molar-refractivity contribution in [2.45, 2.75) is 38.8 Å². The van der Waals surface area contributed by atoms with Crippen LogP contribution in [0.5, 0.6) is 0 Å². The number of anilines is 1. The van der Waals surface area contributed by atoms with E-state index in [0.717, 1.165) is 44.3 Å². The lowest BCUT2D eigenvalue weighted by Gasteiger charge is -2.28. The average molecular weight is 307 g/mol. The second-order valence-corrected chi connectivity index (χ2v) is 6.91. The first-order valence-corrected chi connectivity index (χ1v) is 8.86. The van der Waals surface area contributed by atoms with Gasteiger partial charge < -0.3 is 5.32 Å². The fraction of sp³-hybridized carbons (Fsp3) is 0.450. The van der Waals surface area contributed by atoms with E-state index in [-0.39, 0.29) is 0 Å². The van der Waals surface area contributed by atoms with Gasteiger partial charge in [0.2, 0.25) is 0 Å². The Bertz CT molecular complexity index is 649. The van der Waals surface area contributed by atoms with Crippen molar-refractivity contribution in [3.05, 3.63) is 59.3 Å². The first-order valence-electron chi connectivity index (χ1n) is 8.86. The zero-order valence-corrected chi connectivity index (χ0v) is 13.7. The zero-order valence-electron chi connectivity index (χ0n) is 13.7. The molecule has 3 nitrogen and oxygen atoms in total. The van der Waals surface area contributed by atoms with Crippen LogP contribution in [0.4, 0.5) is 5.82 Å². The molecule has 1 aromatic carbocycles. The minimum atomic E-state index is 0.978. The number of benzene rings is 1. The van der Waals surface area contributed by atoms with Gasteiger partial charge in [-0.3, -0.25) is 4.90 Å². The van der Waals surface area contributed by atoms with E-state index in [9.17, 15) is 0 Å². The molecule has 0 atom stereocenters. The molecule has 4 rings (SSSR count). The van der Waals surface area contributed by atoms with Crippen LogP contribution in [0.2, 0.25) is 0 Å². The molecule has 0 saturated heterocycles. The Morgan fingerprint density at radius 2 is 1.96 bits per heavy atom. The largest absolute Gasteiger partial charge is 0.370 e. The topological polar surface area (TPSA) is 28.2 Å². The van der Waals surface area contributed by atoms with E-state index in [4.69, 9.17) is 4.98 Å². The van der Waals surface area contributed by atoms with Crippen molar-refractivity contribution in [2.24, 2.45) is 5.92 Å². The highest BCUT2D eigenvalue weighted by atomic mass is 15.1. The first-order chi connectivity index (χ1) is 11.4. The quantitative estimate of drug-likeness (QED) is 0.878. The van der Waals surface area contributed by atoms with Crippen LogP contribution in [-0.2, 0) is 19.5 Å². The first kappa shape index (κ1) is 14.7. The smallest absolute Gasteiger partial charge is 0.126 e. The predicted octanol–water partition coefficient (Wildman–Crippen LogP) is 3.85. The zero-order chi connectivity index (χ0) is 15.5. The maximum Gasteiger partial charge on any atom is 0.126 e. The average Bonchev–Trinajstić information content (AvgIpc) is 3.40. The maximum atomic E-state index is 4.83. The molecule has 0 spiro atoms. The fourth-order valence-corrected chi connectivity index (χ4v) is 3.36. The summed E-state index contributed by atoms with van der Waals surface area (Å²) in [6.07, 6.45) is 5.21. The summed E-state index contributed by atoms with van der Waals surface area (Å²) >= 11 is 0. The number of hydrogen-bond acceptors (Lipinski definition) is 3. The van der Waals surface area contributed by atoms with E-state index >= 15 is 0 Å². The van der Waals surface area contributed by atoms with Crippen LogP contribution in [0.1, 0.15) is 36.1 Å². The van der Waals surface area contributed by atoms with Crippen LogP contribution in [0, 0.1) is 5.92 Å². The molecule has 0 radical (unpaired) electrons. The third-order valence-electron chi connectivity index (χ3n) is 4.93. The Labute approximate surface area is 138 Å². The van der Waals surface area contributed by atoms with Gasteiger partial charge in [0, 0.05) is 38.3 Å². The van der Waals surface area contributed by atoms with Gasteiger partial charge in [0.1, 0.15) is 5.82 Å². The van der Waals surface area contributed by atoms with E-state index in [1.165, 1.54) is 36.1 Å². The molecule has 1 fully saturated rings. The highest BCUT2D eigenvalue weighted by Crippen LogP contribution is 2.32. The van der Waals surface area contributed by atoms with Gasteiger partial charge in [0.25, 0.3) is 0 Å². The fourth-order valence-electron chi connectivity index (χ4n) is 3.36. The van der Waals surface area contributed by atoms with Crippen LogP contribution in [0.25, 0.3) is 0 Å². The summed E-state index contributed by atoms with van der Waals surface area (Å²) in [5.41, 5.74) is 4.06. The molecule has 3 heteroatoms. The maximum absolute atomic E-state index is 4.83. The summed E-state index contributed by atoms with van der Waals surface area (Å²) in [4.78, 5) is 7.35. The molecule has 1 N–H and O–H groups in total. The van der Waals surface area contributed by atoms with Crippen LogP contribution in [0.3, 0.4) is 0 Å². The van der Waals surface area contributed by atoms with Gasteiger partial charge >= 0.3 is 0 Å². The number of fused-ring (bicyclic) bond motifs is 1. The number of nitrogens with zero attached hydrogens (tertiary/aromatic N) is 2. The normalized spacial score (nSPS) is 17.7. The molecule has 23 heavy (non-hydrogen) atoms. The van der Waals surface area contributed by atoms with Gasteiger partial charge in [-0.15, -0.1) is 0 Å². The second kappa shape index (κ2) is 6.71. The van der Waals surface area contributed by atoms with Gasteiger partial charge in [-0.25, -0.2) is 4.98 Å². The third-order valence-corrected chi connectivity index (χ3v) is 4.93. The lowest BCUT2D eigenvalue weighted by atomic mass is 10.0. The van der Waals surface area contributed by atoms with Crippen molar-refractivity contribution >= 4 is 5.82 Å². The van der Waals surface area contributed by atoms with Gasteiger partial charge in [-0.05, 0) is 29.5 Å². The molecule has 0 bridgehead atoms. The van der Waals surface area contributed by atoms with Gasteiger partial charge in [0.05, 0.1) is 0 Å². The lowest BCUT2D eigenvalue weighted by molar-refractivity contribution is 0.243. The van der Waals surface area contributed by atoms with E-state index in [2.05, 4.69) is 52.7 Å². The number of rotatable bonds is 6. The molecule has 1 aliphatic carbocycles. The SMILES string of the molecule is c1ccc(CN2CCc3nc(NCCC4CC4)ccc3C2)cc1. The second-order valence-electron chi connectivity index (χ2n) is 6.91. The van der Waals surface area contributed by atoms with Crippen LogP contribution >= 0.6 is 0 Å². The van der Waals surface area contributed by atoms with E-state index < -0.39 is 0 Å². The highest BCUT2D eigenvalue weighted by Gasteiger charge is 2.21. The van der Waals surface area contributed by atoms with Crippen molar-refractivity contribution in [3.8, 4) is 0 Å². The molecule has 1 aromatic heterocycles. The molecule has 1 aliphatic heterocycles. The summed E-state index contributed by atoms with van der Waals surface area (Å²) < 4.78 is 0. The molecule has 1 saturated carbocycles. The summed E-state index contributed by atoms with van der Waals surface area (Å²) in [5, 5.41) is 3.49. The van der Waals surface area contributed by atoms with Crippen LogP contribution in [0.15, 0.2) is 42.5 Å². The predicted molar refractivity (Wildman–Crippen MR) is 94.3 cm³/mol. The van der Waals surface area contributed by atoms with Crippen molar-refractivity contribution in [2.75, 3.05) is 18.4 Å². The van der Waals surface area contributed by atoms with Gasteiger partial charge in [0.15, 0.2) is 0 Å². The molecule has 120 valence electrons. The molecule has 0 amide bonds. The number of pyridine rings is 1. The Morgan fingerprint density at radius 1 is 1.09 bits per heavy atom. The Balaban J connectivity index is 1.35. The molecular formula is C20H25N3. The van der Waals surface area contributed by atoms with Gasteiger partial charge in [-0.2, -0.15) is 0 Å². The molecular weight excluding hydrogens is 282 g/mol. The number of hydrogen-bond donors (Lipinski definition) is 1. The number of nitrogens with one attached hydrogen (secondary N) is 1. The van der Waals surface area contributed by atoms with Crippen LogP contribution < -0.4 is 5.32 Å². The molecule has 2 aromatic rings. The Hall–Kier alpha value is -1.87. The lowest BCUT2D eigenvalue weighted by Crippen LogP contribution is -2.30. The van der Waals surface area contributed by atoms with Crippen molar-refractivity contribution in [1.82, 2.24) is 9.88 Å². The van der Waals surface area contributed by atoms with E-state index in [0.29, 0.717) is 0 Å². The number of aromatic nitrogens is 1. The summed E-state index contributed by atoms with van der Waals surface area (Å²) in [7, 11) is 0. The third kappa shape index (κ3) is 3.91. The van der Waals surface area contributed by atoms with E-state index in [1.807, 2.05) is 0 Å². The molecule has 2 aliphatic rings. The highest BCUT2D eigenvalue weighted by molar-refractivity contribution is 5.39. The van der Waals surface area contributed by atoms with E-state index in [1.54, 1.807) is 0 Å². The van der Waals surface area contributed by atoms with Crippen molar-refractivity contribution in [1.29, 1.82) is 0 Å². The van der Waals surface area contributed by atoms with Crippen molar-refractivity contribution in [3.63, 3.8) is 0 Å². The summed E-state index contributed by atoms with van der Waals surface area (Å²) in [6.45, 7) is 4.21. The molecule has 0 unspecified atom stereocenters. The van der Waals surface area contributed by atoms with Crippen molar-refractivity contribution < 1.29 is 0 Å². The summed E-state index contributed by atoms with van der Waals surface area (Å²) in [5.74, 6) is 2.03. The summed E-state index contributed by atoms with van der Waals surface area (Å²) in [6, 6.07) is 15.2. The standard InChI is InChI=1S/C20H25N3/c1-2-4-17(5-3-1)14-23-13-11-19-18(15-23)8-9-20(22-19)21-12-10-16-6-7-16/h1-5,8-9,16H,6-7,10-15H2,(H,21,22). The minimum Gasteiger partial charge on any atom is -0.370 e. The minimum absolute atomic E-state index is 0.978. The Kier molecular flexibility index (Phi) is 4.29. The van der Waals surface area contributed by atoms with Gasteiger partial charge in [-0.1, -0.05) is 49.2 Å². The molecule has 2 heterocycles. The van der Waals surface area contributed by atoms with Crippen LogP contribution in [-0.4, -0.2) is 23.0 Å².